The van der Waals surface area contributed by atoms with Gasteiger partial charge in [0.15, 0.2) is 0 Å². The van der Waals surface area contributed by atoms with Gasteiger partial charge in [-0.3, -0.25) is 0 Å². The van der Waals surface area contributed by atoms with Gasteiger partial charge in [0.25, 0.3) is 0 Å². The molecule has 2 unspecified atom stereocenters. The fourth-order valence-electron chi connectivity index (χ4n) is 2.82. The van der Waals surface area contributed by atoms with Crippen molar-refractivity contribution in [1.29, 1.82) is 0 Å². The van der Waals surface area contributed by atoms with Gasteiger partial charge in [0, 0.05) is 19.3 Å². The summed E-state index contributed by atoms with van der Waals surface area (Å²) < 4.78 is 61.9. The van der Waals surface area contributed by atoms with E-state index in [9.17, 15) is 26.4 Å². The number of urea groups is 1. The molecule has 1 N–H and O–H groups in total. The van der Waals surface area contributed by atoms with E-state index in [1.54, 1.807) is 0 Å². The van der Waals surface area contributed by atoms with Crippen LogP contribution in [0.3, 0.4) is 0 Å². The van der Waals surface area contributed by atoms with E-state index in [4.69, 9.17) is 0 Å². The number of rotatable bonds is 3. The first-order valence-corrected chi connectivity index (χ1v) is 9.35. The van der Waals surface area contributed by atoms with Crippen molar-refractivity contribution in [3.63, 3.8) is 0 Å². The van der Waals surface area contributed by atoms with Crippen LogP contribution in [0, 0.1) is 5.92 Å². The standard InChI is InChI=1S/C13H21F3N2O3S/c1-22(20,21)10-3-2-7-18(8-6-10)12(19)17-11(9-4-5-9)13(14,15)16/h9-11H,2-8H2,1H3,(H,17,19). The van der Waals surface area contributed by atoms with Crippen molar-refractivity contribution < 1.29 is 26.4 Å². The zero-order valence-electron chi connectivity index (χ0n) is 12.4. The molecule has 22 heavy (non-hydrogen) atoms. The van der Waals surface area contributed by atoms with Crippen molar-refractivity contribution in [3.8, 4) is 0 Å². The third-order valence-electron chi connectivity index (χ3n) is 4.29. The van der Waals surface area contributed by atoms with Crippen molar-refractivity contribution in [2.75, 3.05) is 19.3 Å². The van der Waals surface area contributed by atoms with Crippen LogP contribution in [-0.2, 0) is 9.84 Å². The number of nitrogens with one attached hydrogen (secondary N) is 1. The second-order valence-corrected chi connectivity index (χ2v) is 8.50. The first-order valence-electron chi connectivity index (χ1n) is 7.40. The third kappa shape index (κ3) is 4.50. The van der Waals surface area contributed by atoms with Crippen molar-refractivity contribution in [2.45, 2.75) is 49.6 Å². The summed E-state index contributed by atoms with van der Waals surface area (Å²) in [4.78, 5) is 13.4. The second kappa shape index (κ2) is 6.25. The normalized spacial score (nSPS) is 25.5. The van der Waals surface area contributed by atoms with Gasteiger partial charge < -0.3 is 10.2 Å². The fraction of sp³-hybridized carbons (Fsp3) is 0.923. The highest BCUT2D eigenvalue weighted by atomic mass is 32.2. The number of carbonyl (C=O) groups excluding carboxylic acids is 1. The lowest BCUT2D eigenvalue weighted by molar-refractivity contribution is -0.158. The molecular formula is C13H21F3N2O3S. The first-order chi connectivity index (χ1) is 10.1. The lowest BCUT2D eigenvalue weighted by Crippen LogP contribution is -2.52. The van der Waals surface area contributed by atoms with Crippen LogP contribution in [0.5, 0.6) is 0 Å². The molecule has 2 amide bonds. The third-order valence-corrected chi connectivity index (χ3v) is 5.98. The SMILES string of the molecule is CS(=O)(=O)C1CCCN(C(=O)NC(C2CC2)C(F)(F)F)CC1. The number of likely N-dealkylation sites (tertiary alicyclic amines) is 1. The number of carbonyl (C=O) groups is 1. The largest absolute Gasteiger partial charge is 0.408 e. The minimum absolute atomic E-state index is 0.165. The van der Waals surface area contributed by atoms with E-state index in [0.717, 1.165) is 6.26 Å². The molecule has 1 aliphatic carbocycles. The van der Waals surface area contributed by atoms with Gasteiger partial charge in [-0.2, -0.15) is 13.2 Å². The van der Waals surface area contributed by atoms with E-state index in [-0.39, 0.29) is 19.5 Å². The van der Waals surface area contributed by atoms with E-state index in [1.165, 1.54) is 4.90 Å². The molecule has 1 saturated heterocycles. The number of hydrogen-bond acceptors (Lipinski definition) is 3. The molecule has 0 spiro atoms. The summed E-state index contributed by atoms with van der Waals surface area (Å²) in [6.07, 6.45) is -1.16. The summed E-state index contributed by atoms with van der Waals surface area (Å²) >= 11 is 0. The molecule has 9 heteroatoms. The van der Waals surface area contributed by atoms with Gasteiger partial charge in [-0.15, -0.1) is 0 Å². The number of hydrogen-bond donors (Lipinski definition) is 1. The summed E-state index contributed by atoms with van der Waals surface area (Å²) in [7, 11) is -3.19. The fourth-order valence-corrected chi connectivity index (χ4v) is 3.95. The van der Waals surface area contributed by atoms with Crippen LogP contribution >= 0.6 is 0 Å². The Kier molecular flexibility index (Phi) is 4.93. The minimum atomic E-state index is -4.45. The van der Waals surface area contributed by atoms with Crippen molar-refractivity contribution in [3.05, 3.63) is 0 Å². The first kappa shape index (κ1) is 17.4. The van der Waals surface area contributed by atoms with Crippen LogP contribution in [0.1, 0.15) is 32.1 Å². The van der Waals surface area contributed by atoms with E-state index in [0.29, 0.717) is 25.7 Å². The van der Waals surface area contributed by atoms with Crippen molar-refractivity contribution >= 4 is 15.9 Å². The molecule has 2 fully saturated rings. The molecule has 5 nitrogen and oxygen atoms in total. The molecule has 0 aromatic heterocycles. The Morgan fingerprint density at radius 3 is 2.32 bits per heavy atom. The van der Waals surface area contributed by atoms with Gasteiger partial charge in [0.05, 0.1) is 5.25 Å². The lowest BCUT2D eigenvalue weighted by atomic mass is 10.2. The minimum Gasteiger partial charge on any atom is -0.326 e. The number of nitrogens with zero attached hydrogens (tertiary/aromatic N) is 1. The molecule has 2 aliphatic rings. The molecule has 0 aromatic rings. The molecule has 0 bridgehead atoms. The highest BCUT2D eigenvalue weighted by Crippen LogP contribution is 2.40. The summed E-state index contributed by atoms with van der Waals surface area (Å²) in [5, 5.41) is 1.56. The summed E-state index contributed by atoms with van der Waals surface area (Å²) in [5.41, 5.74) is 0. The van der Waals surface area contributed by atoms with Gasteiger partial charge in [-0.25, -0.2) is 13.2 Å². The Balaban J connectivity index is 1.95. The molecule has 0 radical (unpaired) electrons. The molecule has 2 rings (SSSR count). The number of sulfone groups is 1. The molecule has 128 valence electrons. The average Bonchev–Trinajstić information content (AvgIpc) is 3.19. The van der Waals surface area contributed by atoms with Crippen molar-refractivity contribution in [2.24, 2.45) is 5.92 Å². The summed E-state index contributed by atoms with van der Waals surface area (Å²) in [6, 6.07) is -2.54. The highest BCUT2D eigenvalue weighted by molar-refractivity contribution is 7.91. The molecule has 1 saturated carbocycles. The van der Waals surface area contributed by atoms with E-state index in [2.05, 4.69) is 5.32 Å². The molecule has 1 aliphatic heterocycles. The molecule has 1 heterocycles. The van der Waals surface area contributed by atoms with Crippen LogP contribution in [0.2, 0.25) is 0 Å². The van der Waals surface area contributed by atoms with Gasteiger partial charge in [-0.05, 0) is 38.0 Å². The van der Waals surface area contributed by atoms with Crippen LogP contribution in [-0.4, -0.2) is 56.2 Å². The Bertz CT molecular complexity index is 517. The van der Waals surface area contributed by atoms with Crippen LogP contribution in [0.25, 0.3) is 0 Å². The van der Waals surface area contributed by atoms with Gasteiger partial charge in [0.2, 0.25) is 0 Å². The average molecular weight is 342 g/mol. The highest BCUT2D eigenvalue weighted by Gasteiger charge is 2.50. The second-order valence-electron chi connectivity index (χ2n) is 6.18. The van der Waals surface area contributed by atoms with Crippen LogP contribution in [0.4, 0.5) is 18.0 Å². The Morgan fingerprint density at radius 2 is 1.82 bits per heavy atom. The maximum absolute atomic E-state index is 12.9. The molecule has 2 atom stereocenters. The molecular weight excluding hydrogens is 321 g/mol. The summed E-state index contributed by atoms with van der Waals surface area (Å²) in [6.45, 7) is 0.450. The number of alkyl halides is 3. The Morgan fingerprint density at radius 1 is 1.18 bits per heavy atom. The van der Waals surface area contributed by atoms with Gasteiger partial charge in [0.1, 0.15) is 15.9 Å². The number of halogens is 3. The predicted molar refractivity (Wildman–Crippen MR) is 75.2 cm³/mol. The van der Waals surface area contributed by atoms with E-state index in [1.807, 2.05) is 0 Å². The predicted octanol–water partition coefficient (Wildman–Crippen LogP) is 1.94. The monoisotopic (exact) mass is 342 g/mol. The maximum Gasteiger partial charge on any atom is 0.408 e. The number of amides is 2. The van der Waals surface area contributed by atoms with Crippen LogP contribution < -0.4 is 5.32 Å². The lowest BCUT2D eigenvalue weighted by Gasteiger charge is -2.26. The van der Waals surface area contributed by atoms with Crippen molar-refractivity contribution in [1.82, 2.24) is 10.2 Å². The summed E-state index contributed by atoms with van der Waals surface area (Å²) in [5.74, 6) is -0.528. The van der Waals surface area contributed by atoms with E-state index < -0.39 is 39.3 Å². The van der Waals surface area contributed by atoms with E-state index >= 15 is 0 Å². The Labute approximate surface area is 128 Å². The van der Waals surface area contributed by atoms with Gasteiger partial charge in [-0.1, -0.05) is 0 Å². The Hall–Kier alpha value is -0.990. The van der Waals surface area contributed by atoms with Gasteiger partial charge >= 0.3 is 12.2 Å². The quantitative estimate of drug-likeness (QED) is 0.852. The van der Waals surface area contributed by atoms with Crippen LogP contribution in [0.15, 0.2) is 0 Å². The zero-order chi connectivity index (χ0) is 16.5. The smallest absolute Gasteiger partial charge is 0.326 e. The molecule has 0 aromatic carbocycles. The maximum atomic E-state index is 12.9. The topological polar surface area (TPSA) is 66.5 Å². The zero-order valence-corrected chi connectivity index (χ0v) is 13.2.